The second kappa shape index (κ2) is 5.48. The fourth-order valence-corrected chi connectivity index (χ4v) is 4.17. The monoisotopic (exact) mass is 322 g/mol. The first-order chi connectivity index (χ1) is 11.6. The van der Waals surface area contributed by atoms with Gasteiger partial charge in [-0.2, -0.15) is 0 Å². The second-order valence-corrected chi connectivity index (χ2v) is 6.35. The van der Waals surface area contributed by atoms with E-state index in [0.717, 1.165) is 12.8 Å². The predicted molar refractivity (Wildman–Crippen MR) is 88.5 cm³/mol. The van der Waals surface area contributed by atoms with E-state index < -0.39 is 0 Å². The predicted octanol–water partition coefficient (Wildman–Crippen LogP) is 3.63. The van der Waals surface area contributed by atoms with Crippen LogP contribution in [0.2, 0.25) is 0 Å². The van der Waals surface area contributed by atoms with Gasteiger partial charge in [0.2, 0.25) is 0 Å². The lowest BCUT2D eigenvalue weighted by Gasteiger charge is -2.40. The van der Waals surface area contributed by atoms with E-state index in [1.165, 1.54) is 36.5 Å². The maximum Gasteiger partial charge on any atom is 0.337 e. The minimum absolute atomic E-state index is 0.217. The van der Waals surface area contributed by atoms with Crippen LogP contribution in [0.4, 0.5) is 0 Å². The van der Waals surface area contributed by atoms with Gasteiger partial charge in [-0.3, -0.25) is 0 Å². The van der Waals surface area contributed by atoms with Crippen molar-refractivity contribution in [2.45, 2.75) is 24.7 Å². The lowest BCUT2D eigenvalue weighted by Crippen LogP contribution is -2.25. The van der Waals surface area contributed by atoms with E-state index in [0.29, 0.717) is 17.0 Å². The van der Waals surface area contributed by atoms with Crippen molar-refractivity contribution in [3.05, 3.63) is 69.8 Å². The van der Waals surface area contributed by atoms with Crippen molar-refractivity contribution < 1.29 is 19.1 Å². The van der Waals surface area contributed by atoms with Gasteiger partial charge in [-0.15, -0.1) is 0 Å². The third kappa shape index (κ3) is 2.06. The highest BCUT2D eigenvalue weighted by Gasteiger charge is 2.38. The molecular weight excluding hydrogens is 304 g/mol. The SMILES string of the molecule is COC(=O)c1ccc2c(c1)C1CCC2c2ccc(C(=O)OC)cc21. The molecule has 5 rings (SSSR count). The van der Waals surface area contributed by atoms with Crippen LogP contribution in [0.3, 0.4) is 0 Å². The van der Waals surface area contributed by atoms with Crippen LogP contribution in [0.5, 0.6) is 0 Å². The van der Waals surface area contributed by atoms with Crippen molar-refractivity contribution in [2.75, 3.05) is 14.2 Å². The van der Waals surface area contributed by atoms with Crippen molar-refractivity contribution in [1.82, 2.24) is 0 Å². The molecule has 0 aliphatic heterocycles. The Balaban J connectivity index is 1.83. The Labute approximate surface area is 140 Å². The molecule has 24 heavy (non-hydrogen) atoms. The molecule has 0 radical (unpaired) electrons. The third-order valence-electron chi connectivity index (χ3n) is 5.26. The Morgan fingerprint density at radius 1 is 0.750 bits per heavy atom. The zero-order valence-corrected chi connectivity index (χ0v) is 13.7. The number of esters is 2. The van der Waals surface area contributed by atoms with Gasteiger partial charge in [-0.05, 0) is 59.4 Å². The number of fused-ring (bicyclic) bond motifs is 1. The maximum absolute atomic E-state index is 11.8. The van der Waals surface area contributed by atoms with E-state index >= 15 is 0 Å². The summed E-state index contributed by atoms with van der Waals surface area (Å²) >= 11 is 0. The fraction of sp³-hybridized carbons (Fsp3) is 0.300. The summed E-state index contributed by atoms with van der Waals surface area (Å²) in [6.07, 6.45) is 2.12. The largest absolute Gasteiger partial charge is 0.465 e. The standard InChI is InChI=1S/C20H18O4/c1-23-19(21)11-3-5-14-13-7-8-16(17(14)9-11)18-10-12(20(22)24-2)4-6-15(13)18/h3-6,9-10,13,16H,7-8H2,1-2H3. The molecule has 3 aliphatic carbocycles. The molecule has 0 aromatic heterocycles. The first kappa shape index (κ1) is 14.9. The van der Waals surface area contributed by atoms with E-state index in [4.69, 9.17) is 9.47 Å². The number of hydrogen-bond acceptors (Lipinski definition) is 4. The van der Waals surface area contributed by atoms with Gasteiger partial charge in [-0.25, -0.2) is 9.59 Å². The molecular formula is C20H18O4. The average Bonchev–Trinajstić information content (AvgIpc) is 2.66. The van der Waals surface area contributed by atoms with Gasteiger partial charge in [0.25, 0.3) is 0 Å². The molecule has 0 saturated heterocycles. The van der Waals surface area contributed by atoms with Crippen LogP contribution in [-0.4, -0.2) is 26.2 Å². The Kier molecular flexibility index (Phi) is 3.41. The molecule has 0 amide bonds. The van der Waals surface area contributed by atoms with Crippen LogP contribution in [0.25, 0.3) is 0 Å². The zero-order valence-electron chi connectivity index (χ0n) is 13.7. The van der Waals surface area contributed by atoms with E-state index in [9.17, 15) is 9.59 Å². The highest BCUT2D eigenvalue weighted by Crippen LogP contribution is 2.53. The number of hydrogen-bond donors (Lipinski definition) is 0. The van der Waals surface area contributed by atoms with Crippen molar-refractivity contribution >= 4 is 11.9 Å². The van der Waals surface area contributed by atoms with Crippen LogP contribution in [0.1, 0.15) is 67.6 Å². The Hall–Kier alpha value is -2.62. The summed E-state index contributed by atoms with van der Waals surface area (Å²) in [5, 5.41) is 0. The highest BCUT2D eigenvalue weighted by atomic mass is 16.5. The summed E-state index contributed by atoms with van der Waals surface area (Å²) in [5.41, 5.74) is 6.10. The quantitative estimate of drug-likeness (QED) is 0.792. The summed E-state index contributed by atoms with van der Waals surface area (Å²) in [7, 11) is 2.79. The Morgan fingerprint density at radius 2 is 1.17 bits per heavy atom. The molecule has 0 heterocycles. The maximum atomic E-state index is 11.8. The fourth-order valence-electron chi connectivity index (χ4n) is 4.17. The number of methoxy groups -OCH3 is 2. The van der Waals surface area contributed by atoms with Gasteiger partial charge in [0, 0.05) is 11.8 Å². The molecule has 2 aromatic rings. The molecule has 2 aromatic carbocycles. The molecule has 122 valence electrons. The van der Waals surface area contributed by atoms with Crippen LogP contribution < -0.4 is 0 Å². The van der Waals surface area contributed by atoms with E-state index in [-0.39, 0.29) is 17.9 Å². The van der Waals surface area contributed by atoms with E-state index in [1.54, 1.807) is 0 Å². The van der Waals surface area contributed by atoms with Crippen LogP contribution in [0, 0.1) is 0 Å². The van der Waals surface area contributed by atoms with Crippen molar-refractivity contribution in [2.24, 2.45) is 0 Å². The lowest BCUT2D eigenvalue weighted by atomic mass is 9.63. The molecule has 3 aliphatic rings. The number of carbonyl (C=O) groups excluding carboxylic acids is 2. The second-order valence-electron chi connectivity index (χ2n) is 6.35. The van der Waals surface area contributed by atoms with Gasteiger partial charge in [-0.1, -0.05) is 12.1 Å². The smallest absolute Gasteiger partial charge is 0.337 e. The van der Waals surface area contributed by atoms with E-state index in [2.05, 4.69) is 12.1 Å². The summed E-state index contributed by atoms with van der Waals surface area (Å²) < 4.78 is 9.68. The number of ether oxygens (including phenoxy) is 2. The molecule has 4 heteroatoms. The van der Waals surface area contributed by atoms with Gasteiger partial charge < -0.3 is 9.47 Å². The van der Waals surface area contributed by atoms with Crippen molar-refractivity contribution in [1.29, 1.82) is 0 Å². The van der Waals surface area contributed by atoms with Crippen molar-refractivity contribution in [3.8, 4) is 0 Å². The average molecular weight is 322 g/mol. The molecule has 0 unspecified atom stereocenters. The van der Waals surface area contributed by atoms with Crippen LogP contribution in [-0.2, 0) is 9.47 Å². The summed E-state index contributed by atoms with van der Waals surface area (Å²) in [5.74, 6) is -0.0850. The lowest BCUT2D eigenvalue weighted by molar-refractivity contribution is 0.0592. The topological polar surface area (TPSA) is 52.6 Å². The van der Waals surface area contributed by atoms with Gasteiger partial charge in [0.05, 0.1) is 25.3 Å². The number of benzene rings is 2. The Bertz CT molecular complexity index is 785. The molecule has 0 N–H and O–H groups in total. The first-order valence-corrected chi connectivity index (χ1v) is 8.08. The summed E-state index contributed by atoms with van der Waals surface area (Å²) in [4.78, 5) is 23.7. The van der Waals surface area contributed by atoms with Crippen LogP contribution in [0.15, 0.2) is 36.4 Å². The van der Waals surface area contributed by atoms with Gasteiger partial charge in [0.1, 0.15) is 0 Å². The van der Waals surface area contributed by atoms with Gasteiger partial charge >= 0.3 is 11.9 Å². The molecule has 2 bridgehead atoms. The molecule has 0 saturated carbocycles. The molecule has 0 fully saturated rings. The molecule has 4 nitrogen and oxygen atoms in total. The molecule has 0 atom stereocenters. The minimum Gasteiger partial charge on any atom is -0.465 e. The van der Waals surface area contributed by atoms with E-state index in [1.807, 2.05) is 24.3 Å². The Morgan fingerprint density at radius 3 is 1.58 bits per heavy atom. The highest BCUT2D eigenvalue weighted by molar-refractivity contribution is 5.91. The summed E-state index contributed by atoms with van der Waals surface area (Å²) in [6, 6.07) is 11.7. The summed E-state index contributed by atoms with van der Waals surface area (Å²) in [6.45, 7) is 0. The molecule has 0 spiro atoms. The number of rotatable bonds is 2. The zero-order chi connectivity index (χ0) is 16.8. The minimum atomic E-state index is -0.317. The van der Waals surface area contributed by atoms with Crippen molar-refractivity contribution in [3.63, 3.8) is 0 Å². The van der Waals surface area contributed by atoms with Gasteiger partial charge in [0.15, 0.2) is 0 Å². The number of carbonyl (C=O) groups is 2. The van der Waals surface area contributed by atoms with Crippen LogP contribution >= 0.6 is 0 Å². The first-order valence-electron chi connectivity index (χ1n) is 8.08. The third-order valence-corrected chi connectivity index (χ3v) is 5.26. The normalized spacial score (nSPS) is 20.1.